The van der Waals surface area contributed by atoms with E-state index in [-0.39, 0.29) is 0 Å². The van der Waals surface area contributed by atoms with E-state index in [1.54, 1.807) is 0 Å². The van der Waals surface area contributed by atoms with E-state index >= 15 is 0 Å². The van der Waals surface area contributed by atoms with Crippen LogP contribution in [0.25, 0.3) is 0 Å². The highest BCUT2D eigenvalue weighted by atomic mass is 32.2. The molecule has 0 aliphatic carbocycles. The van der Waals surface area contributed by atoms with Crippen LogP contribution < -0.4 is 0 Å². The molecule has 0 aromatic heterocycles. The minimum absolute atomic E-state index is 0.305. The molecule has 1 aromatic carbocycles. The molecule has 1 heterocycles. The summed E-state index contributed by atoms with van der Waals surface area (Å²) in [4.78, 5) is 0. The zero-order valence-electron chi connectivity index (χ0n) is 7.82. The van der Waals surface area contributed by atoms with Crippen LogP contribution in [-0.4, -0.2) is 11.5 Å². The first-order valence-electron chi connectivity index (χ1n) is 4.65. The summed E-state index contributed by atoms with van der Waals surface area (Å²) in [5.41, 5.74) is 1.46. The van der Waals surface area contributed by atoms with Crippen molar-refractivity contribution in [3.8, 4) is 0 Å². The number of hydrogen-bond donors (Lipinski definition) is 0. The Morgan fingerprint density at radius 3 is 2.31 bits per heavy atom. The molecule has 0 amide bonds. The maximum atomic E-state index is 2.34. The summed E-state index contributed by atoms with van der Waals surface area (Å²) in [5, 5.41) is 0. The summed E-state index contributed by atoms with van der Waals surface area (Å²) in [6.45, 7) is 2.34. The van der Waals surface area contributed by atoms with Crippen molar-refractivity contribution in [2.24, 2.45) is 0 Å². The van der Waals surface area contributed by atoms with Crippen LogP contribution in [-0.2, 0) is 4.08 Å². The third-order valence-corrected chi connectivity index (χ3v) is 5.61. The molecule has 0 spiro atoms. The van der Waals surface area contributed by atoms with Crippen molar-refractivity contribution in [1.82, 2.24) is 0 Å². The highest BCUT2D eigenvalue weighted by molar-refractivity contribution is 8.18. The quantitative estimate of drug-likeness (QED) is 0.692. The van der Waals surface area contributed by atoms with Crippen LogP contribution in [0.2, 0.25) is 0 Å². The maximum Gasteiger partial charge on any atom is 0.0832 e. The Labute approximate surface area is 88.5 Å². The molecule has 0 unspecified atom stereocenters. The van der Waals surface area contributed by atoms with E-state index in [1.807, 2.05) is 0 Å². The Bertz CT molecular complexity index is 263. The summed E-state index contributed by atoms with van der Waals surface area (Å²) in [6, 6.07) is 10.8. The molecule has 0 nitrogen and oxygen atoms in total. The molecule has 0 saturated carbocycles. The lowest BCUT2D eigenvalue weighted by Crippen LogP contribution is -2.18. The van der Waals surface area contributed by atoms with Gasteiger partial charge in [-0.3, -0.25) is 0 Å². The summed E-state index contributed by atoms with van der Waals surface area (Å²) in [6.07, 6.45) is 1.36. The minimum atomic E-state index is 0.305. The molecule has 1 aliphatic rings. The van der Waals surface area contributed by atoms with E-state index in [0.29, 0.717) is 4.08 Å². The molecule has 2 rings (SSSR count). The van der Waals surface area contributed by atoms with Crippen molar-refractivity contribution in [3.05, 3.63) is 35.9 Å². The van der Waals surface area contributed by atoms with Gasteiger partial charge in [-0.05, 0) is 30.4 Å². The summed E-state index contributed by atoms with van der Waals surface area (Å²) < 4.78 is 0.305. The van der Waals surface area contributed by atoms with Crippen molar-refractivity contribution >= 4 is 23.5 Å². The second kappa shape index (κ2) is 3.97. The first-order valence-corrected chi connectivity index (χ1v) is 6.62. The number of rotatable bonds is 1. The third kappa shape index (κ3) is 2.05. The van der Waals surface area contributed by atoms with Crippen LogP contribution in [0.4, 0.5) is 0 Å². The molecule has 0 N–H and O–H groups in total. The Morgan fingerprint density at radius 1 is 1.08 bits per heavy atom. The molecule has 0 bridgehead atoms. The SMILES string of the molecule is CC1(c2ccccc2)SCCCS1. The van der Waals surface area contributed by atoms with Gasteiger partial charge in [0.15, 0.2) is 0 Å². The van der Waals surface area contributed by atoms with E-state index < -0.39 is 0 Å². The average Bonchev–Trinajstić information content (AvgIpc) is 2.20. The molecule has 1 saturated heterocycles. The van der Waals surface area contributed by atoms with Gasteiger partial charge in [-0.1, -0.05) is 30.3 Å². The second-order valence-corrected chi connectivity index (χ2v) is 6.65. The van der Waals surface area contributed by atoms with Crippen molar-refractivity contribution in [1.29, 1.82) is 0 Å². The predicted octanol–water partition coefficient (Wildman–Crippen LogP) is 3.73. The first-order chi connectivity index (χ1) is 6.31. The average molecular weight is 210 g/mol. The molecule has 1 fully saturated rings. The maximum absolute atomic E-state index is 2.34. The van der Waals surface area contributed by atoms with Gasteiger partial charge in [0, 0.05) is 0 Å². The molecule has 2 heteroatoms. The fourth-order valence-corrected chi connectivity index (χ4v) is 4.52. The Balaban J connectivity index is 2.23. The highest BCUT2D eigenvalue weighted by Crippen LogP contribution is 2.49. The van der Waals surface area contributed by atoms with E-state index in [0.717, 1.165) is 0 Å². The topological polar surface area (TPSA) is 0 Å². The minimum Gasteiger partial charge on any atom is -0.140 e. The smallest absolute Gasteiger partial charge is 0.0832 e. The zero-order chi connectivity index (χ0) is 9.15. The van der Waals surface area contributed by atoms with Crippen LogP contribution >= 0.6 is 23.5 Å². The van der Waals surface area contributed by atoms with Gasteiger partial charge in [0.1, 0.15) is 0 Å². The summed E-state index contributed by atoms with van der Waals surface area (Å²) >= 11 is 4.16. The van der Waals surface area contributed by atoms with Gasteiger partial charge >= 0.3 is 0 Å². The monoisotopic (exact) mass is 210 g/mol. The van der Waals surface area contributed by atoms with Gasteiger partial charge < -0.3 is 0 Å². The summed E-state index contributed by atoms with van der Waals surface area (Å²) in [7, 11) is 0. The van der Waals surface area contributed by atoms with Crippen LogP contribution in [0.3, 0.4) is 0 Å². The second-order valence-electron chi connectivity index (χ2n) is 3.36. The van der Waals surface area contributed by atoms with Gasteiger partial charge in [-0.2, -0.15) is 0 Å². The van der Waals surface area contributed by atoms with Crippen molar-refractivity contribution < 1.29 is 0 Å². The lowest BCUT2D eigenvalue weighted by atomic mass is 10.2. The van der Waals surface area contributed by atoms with Crippen molar-refractivity contribution in [2.75, 3.05) is 11.5 Å². The standard InChI is InChI=1S/C11H14S2/c1-11(12-8-5-9-13-11)10-6-3-2-4-7-10/h2-4,6-7H,5,8-9H2,1H3. The van der Waals surface area contributed by atoms with Gasteiger partial charge in [-0.25, -0.2) is 0 Å². The highest BCUT2D eigenvalue weighted by Gasteiger charge is 2.29. The lowest BCUT2D eigenvalue weighted by Gasteiger charge is -2.32. The lowest BCUT2D eigenvalue weighted by molar-refractivity contribution is 0.963. The molecule has 0 atom stereocenters. The van der Waals surface area contributed by atoms with Crippen LogP contribution in [0.1, 0.15) is 18.9 Å². The van der Waals surface area contributed by atoms with E-state index in [9.17, 15) is 0 Å². The van der Waals surface area contributed by atoms with Crippen LogP contribution in [0, 0.1) is 0 Å². The van der Waals surface area contributed by atoms with Gasteiger partial charge in [-0.15, -0.1) is 23.5 Å². The molecule has 13 heavy (non-hydrogen) atoms. The molecular weight excluding hydrogens is 196 g/mol. The molecule has 1 aliphatic heterocycles. The Morgan fingerprint density at radius 2 is 1.69 bits per heavy atom. The van der Waals surface area contributed by atoms with Crippen LogP contribution in [0.5, 0.6) is 0 Å². The van der Waals surface area contributed by atoms with E-state index in [2.05, 4.69) is 60.8 Å². The van der Waals surface area contributed by atoms with Gasteiger partial charge in [0.05, 0.1) is 4.08 Å². The van der Waals surface area contributed by atoms with Gasteiger partial charge in [0.25, 0.3) is 0 Å². The first kappa shape index (κ1) is 9.47. The van der Waals surface area contributed by atoms with Crippen LogP contribution in [0.15, 0.2) is 30.3 Å². The number of benzene rings is 1. The van der Waals surface area contributed by atoms with E-state index in [4.69, 9.17) is 0 Å². The number of thioether (sulfide) groups is 2. The van der Waals surface area contributed by atoms with E-state index in [1.165, 1.54) is 23.5 Å². The molecule has 70 valence electrons. The zero-order valence-corrected chi connectivity index (χ0v) is 9.46. The fraction of sp³-hybridized carbons (Fsp3) is 0.455. The number of hydrogen-bond acceptors (Lipinski definition) is 2. The fourth-order valence-electron chi connectivity index (χ4n) is 1.54. The normalized spacial score (nSPS) is 21.3. The Kier molecular flexibility index (Phi) is 2.89. The Hall–Kier alpha value is -0.0800. The van der Waals surface area contributed by atoms with Crippen molar-refractivity contribution in [3.63, 3.8) is 0 Å². The molecular formula is C11H14S2. The third-order valence-electron chi connectivity index (χ3n) is 2.34. The van der Waals surface area contributed by atoms with Crippen molar-refractivity contribution in [2.45, 2.75) is 17.4 Å². The molecule has 0 radical (unpaired) electrons. The molecule has 1 aromatic rings. The summed E-state index contributed by atoms with van der Waals surface area (Å²) in [5.74, 6) is 2.61. The van der Waals surface area contributed by atoms with Gasteiger partial charge in [0.2, 0.25) is 0 Å². The predicted molar refractivity (Wildman–Crippen MR) is 63.3 cm³/mol. The largest absolute Gasteiger partial charge is 0.140 e.